The van der Waals surface area contributed by atoms with Crippen molar-refractivity contribution in [2.24, 2.45) is 5.92 Å². The smallest absolute Gasteiger partial charge is 0.147 e. The predicted molar refractivity (Wildman–Crippen MR) is 51.9 cm³/mol. The molecule has 0 saturated heterocycles. The van der Waals surface area contributed by atoms with Crippen LogP contribution in [0.15, 0.2) is 12.2 Å². The van der Waals surface area contributed by atoms with Crippen molar-refractivity contribution in [1.29, 1.82) is 0 Å². The fourth-order valence-corrected chi connectivity index (χ4v) is 1.57. The molecule has 0 aromatic carbocycles. The van der Waals surface area contributed by atoms with E-state index in [1.165, 1.54) is 0 Å². The van der Waals surface area contributed by atoms with E-state index < -0.39 is 6.10 Å². The molecule has 1 aliphatic rings. The maximum absolute atomic E-state index is 9.59. The summed E-state index contributed by atoms with van der Waals surface area (Å²) in [5, 5.41) is 9.59. The Morgan fingerprint density at radius 2 is 2.07 bits per heavy atom. The van der Waals surface area contributed by atoms with Gasteiger partial charge < -0.3 is 19.3 Å². The Labute approximate surface area is 84.5 Å². The van der Waals surface area contributed by atoms with Crippen LogP contribution in [-0.2, 0) is 14.2 Å². The molecule has 3 atom stereocenters. The SMILES string of the molecule is COCO[C@H]1C=C[C@H](O)[C@@H](COC)C1. The zero-order valence-electron chi connectivity index (χ0n) is 8.68. The van der Waals surface area contributed by atoms with Crippen LogP contribution in [0.25, 0.3) is 0 Å². The molecule has 0 saturated carbocycles. The summed E-state index contributed by atoms with van der Waals surface area (Å²) in [5.41, 5.74) is 0. The van der Waals surface area contributed by atoms with Gasteiger partial charge in [0.1, 0.15) is 6.79 Å². The maximum Gasteiger partial charge on any atom is 0.147 e. The van der Waals surface area contributed by atoms with Gasteiger partial charge in [0.05, 0.1) is 18.8 Å². The van der Waals surface area contributed by atoms with Gasteiger partial charge >= 0.3 is 0 Å². The third-order valence-corrected chi connectivity index (χ3v) is 2.32. The Morgan fingerprint density at radius 1 is 1.29 bits per heavy atom. The number of methoxy groups -OCH3 is 2. The van der Waals surface area contributed by atoms with E-state index >= 15 is 0 Å². The minimum atomic E-state index is -0.419. The van der Waals surface area contributed by atoms with Crippen molar-refractivity contribution in [2.75, 3.05) is 27.6 Å². The van der Waals surface area contributed by atoms with Gasteiger partial charge in [-0.2, -0.15) is 0 Å². The molecule has 4 nitrogen and oxygen atoms in total. The lowest BCUT2D eigenvalue weighted by Crippen LogP contribution is -2.32. The van der Waals surface area contributed by atoms with Gasteiger partial charge in [-0.05, 0) is 6.42 Å². The van der Waals surface area contributed by atoms with Crippen LogP contribution in [0, 0.1) is 5.92 Å². The number of rotatable bonds is 5. The van der Waals surface area contributed by atoms with Crippen molar-refractivity contribution in [2.45, 2.75) is 18.6 Å². The van der Waals surface area contributed by atoms with Crippen molar-refractivity contribution in [3.8, 4) is 0 Å². The zero-order chi connectivity index (χ0) is 10.4. The minimum Gasteiger partial charge on any atom is -0.389 e. The number of aliphatic hydroxyl groups excluding tert-OH is 1. The Kier molecular flexibility index (Phi) is 5.11. The molecule has 14 heavy (non-hydrogen) atoms. The van der Waals surface area contributed by atoms with Gasteiger partial charge in [-0.1, -0.05) is 12.2 Å². The summed E-state index contributed by atoms with van der Waals surface area (Å²) >= 11 is 0. The second kappa shape index (κ2) is 6.14. The first-order valence-electron chi connectivity index (χ1n) is 4.73. The predicted octanol–water partition coefficient (Wildman–Crippen LogP) is 0.559. The number of ether oxygens (including phenoxy) is 3. The number of aliphatic hydroxyl groups is 1. The summed E-state index contributed by atoms with van der Waals surface area (Å²) in [5.74, 6) is 0.117. The summed E-state index contributed by atoms with van der Waals surface area (Å²) in [6.45, 7) is 0.836. The molecule has 0 amide bonds. The van der Waals surface area contributed by atoms with E-state index in [2.05, 4.69) is 0 Å². The Bertz CT molecular complexity index is 181. The standard InChI is InChI=1S/C10H18O4/c1-12-6-8-5-9(14-7-13-2)3-4-10(8)11/h3-4,8-11H,5-7H2,1-2H3/t8-,9+,10+/m1/s1. The van der Waals surface area contributed by atoms with E-state index in [1.54, 1.807) is 20.3 Å². The molecule has 0 aliphatic heterocycles. The topological polar surface area (TPSA) is 47.9 Å². The van der Waals surface area contributed by atoms with Gasteiger partial charge in [0, 0.05) is 20.1 Å². The van der Waals surface area contributed by atoms with Gasteiger partial charge in [0.25, 0.3) is 0 Å². The molecule has 0 bridgehead atoms. The van der Waals surface area contributed by atoms with E-state index in [0.29, 0.717) is 6.61 Å². The number of hydrogen-bond acceptors (Lipinski definition) is 4. The first-order chi connectivity index (χ1) is 6.77. The van der Waals surface area contributed by atoms with E-state index in [4.69, 9.17) is 14.2 Å². The molecule has 0 aromatic heterocycles. The fourth-order valence-electron chi connectivity index (χ4n) is 1.57. The summed E-state index contributed by atoms with van der Waals surface area (Å²) in [6, 6.07) is 0. The zero-order valence-corrected chi connectivity index (χ0v) is 8.68. The Balaban J connectivity index is 2.38. The summed E-state index contributed by atoms with van der Waals surface area (Å²) in [6.07, 6.45) is 4.01. The maximum atomic E-state index is 9.59. The molecular formula is C10H18O4. The first kappa shape index (κ1) is 11.7. The normalized spacial score (nSPS) is 32.1. The third kappa shape index (κ3) is 3.38. The van der Waals surface area contributed by atoms with E-state index in [-0.39, 0.29) is 18.8 Å². The summed E-state index contributed by atoms with van der Waals surface area (Å²) < 4.78 is 15.2. The van der Waals surface area contributed by atoms with E-state index in [1.807, 2.05) is 6.08 Å². The Morgan fingerprint density at radius 3 is 2.71 bits per heavy atom. The second-order valence-electron chi connectivity index (χ2n) is 3.44. The molecule has 82 valence electrons. The molecule has 0 heterocycles. The van der Waals surface area contributed by atoms with E-state index in [0.717, 1.165) is 6.42 Å². The van der Waals surface area contributed by atoms with Gasteiger partial charge in [0.2, 0.25) is 0 Å². The third-order valence-electron chi connectivity index (χ3n) is 2.32. The molecule has 0 fully saturated rings. The molecular weight excluding hydrogens is 184 g/mol. The van der Waals surface area contributed by atoms with Crippen molar-refractivity contribution >= 4 is 0 Å². The lowest BCUT2D eigenvalue weighted by molar-refractivity contribution is -0.0738. The molecule has 1 N–H and O–H groups in total. The Hall–Kier alpha value is -0.420. The van der Waals surface area contributed by atoms with Crippen molar-refractivity contribution in [1.82, 2.24) is 0 Å². The molecule has 0 aromatic rings. The average Bonchev–Trinajstić information content (AvgIpc) is 2.19. The fraction of sp³-hybridized carbons (Fsp3) is 0.800. The van der Waals surface area contributed by atoms with Crippen LogP contribution in [0.3, 0.4) is 0 Å². The molecule has 4 heteroatoms. The number of hydrogen-bond donors (Lipinski definition) is 1. The van der Waals surface area contributed by atoms with Gasteiger partial charge in [-0.15, -0.1) is 0 Å². The summed E-state index contributed by atoms with van der Waals surface area (Å²) in [7, 11) is 3.23. The minimum absolute atomic E-state index is 0.0264. The lowest BCUT2D eigenvalue weighted by Gasteiger charge is -2.28. The average molecular weight is 202 g/mol. The van der Waals surface area contributed by atoms with Crippen LogP contribution in [0.5, 0.6) is 0 Å². The van der Waals surface area contributed by atoms with E-state index in [9.17, 15) is 5.11 Å². The molecule has 0 unspecified atom stereocenters. The lowest BCUT2D eigenvalue weighted by atomic mass is 9.90. The molecule has 1 aliphatic carbocycles. The quantitative estimate of drug-likeness (QED) is 0.522. The van der Waals surface area contributed by atoms with Crippen molar-refractivity contribution in [3.05, 3.63) is 12.2 Å². The highest BCUT2D eigenvalue weighted by molar-refractivity contribution is 5.03. The molecule has 0 spiro atoms. The second-order valence-corrected chi connectivity index (χ2v) is 3.44. The molecule has 0 radical (unpaired) electrons. The van der Waals surface area contributed by atoms with Crippen molar-refractivity contribution in [3.63, 3.8) is 0 Å². The highest BCUT2D eigenvalue weighted by Gasteiger charge is 2.25. The van der Waals surface area contributed by atoms with Crippen LogP contribution < -0.4 is 0 Å². The van der Waals surface area contributed by atoms with Crippen LogP contribution in [-0.4, -0.2) is 44.9 Å². The molecule has 1 rings (SSSR count). The highest BCUT2D eigenvalue weighted by atomic mass is 16.7. The van der Waals surface area contributed by atoms with Crippen LogP contribution in [0.2, 0.25) is 0 Å². The largest absolute Gasteiger partial charge is 0.389 e. The van der Waals surface area contributed by atoms with Gasteiger partial charge in [0.15, 0.2) is 0 Å². The van der Waals surface area contributed by atoms with Crippen molar-refractivity contribution < 1.29 is 19.3 Å². The van der Waals surface area contributed by atoms with Gasteiger partial charge in [-0.3, -0.25) is 0 Å². The van der Waals surface area contributed by atoms with Crippen LogP contribution in [0.4, 0.5) is 0 Å². The monoisotopic (exact) mass is 202 g/mol. The van der Waals surface area contributed by atoms with Gasteiger partial charge in [-0.25, -0.2) is 0 Å². The highest BCUT2D eigenvalue weighted by Crippen LogP contribution is 2.21. The van der Waals surface area contributed by atoms with Crippen LogP contribution in [0.1, 0.15) is 6.42 Å². The first-order valence-corrected chi connectivity index (χ1v) is 4.73. The summed E-state index contributed by atoms with van der Waals surface area (Å²) in [4.78, 5) is 0. The van der Waals surface area contributed by atoms with Crippen LogP contribution >= 0.6 is 0 Å².